The lowest BCUT2D eigenvalue weighted by molar-refractivity contribution is -0.118. The van der Waals surface area contributed by atoms with Gasteiger partial charge in [-0.3, -0.25) is 15.0 Å². The molecule has 0 spiro atoms. The first kappa shape index (κ1) is 15.0. The second-order valence-corrected chi connectivity index (χ2v) is 5.60. The number of amides is 1. The predicted octanol–water partition coefficient (Wildman–Crippen LogP) is 1.58. The Hall–Kier alpha value is -1.40. The van der Waals surface area contributed by atoms with Gasteiger partial charge in [-0.25, -0.2) is 0 Å². The second-order valence-electron chi connectivity index (χ2n) is 5.60. The van der Waals surface area contributed by atoms with E-state index in [4.69, 9.17) is 9.63 Å². The number of aliphatic hydroxyl groups excluding tert-OH is 1. The van der Waals surface area contributed by atoms with Crippen molar-refractivity contribution in [2.45, 2.75) is 45.1 Å². The second kappa shape index (κ2) is 6.85. The third-order valence-electron chi connectivity index (χ3n) is 3.71. The third-order valence-corrected chi connectivity index (χ3v) is 3.71. The van der Waals surface area contributed by atoms with Crippen molar-refractivity contribution >= 4 is 11.8 Å². The highest BCUT2D eigenvalue weighted by Crippen LogP contribution is 2.24. The topological polar surface area (TPSA) is 78.6 Å². The molecule has 0 saturated heterocycles. The summed E-state index contributed by atoms with van der Waals surface area (Å²) in [7, 11) is 0. The van der Waals surface area contributed by atoms with Crippen LogP contribution >= 0.6 is 0 Å². The number of carbonyl (C=O) groups is 1. The minimum Gasteiger partial charge on any atom is -0.395 e. The predicted molar refractivity (Wildman–Crippen MR) is 75.5 cm³/mol. The zero-order chi connectivity index (χ0) is 14.5. The van der Waals surface area contributed by atoms with Crippen molar-refractivity contribution in [1.29, 1.82) is 0 Å². The maximum absolute atomic E-state index is 12.0. The van der Waals surface area contributed by atoms with Gasteiger partial charge in [-0.2, -0.15) is 0 Å². The van der Waals surface area contributed by atoms with Gasteiger partial charge < -0.3 is 9.63 Å². The zero-order valence-electron chi connectivity index (χ0n) is 12.1. The van der Waals surface area contributed by atoms with Crippen molar-refractivity contribution in [2.75, 3.05) is 25.0 Å². The molecule has 1 aliphatic rings. The van der Waals surface area contributed by atoms with Crippen molar-refractivity contribution in [3.63, 3.8) is 0 Å². The molecule has 0 radical (unpaired) electrons. The quantitative estimate of drug-likeness (QED) is 0.793. The summed E-state index contributed by atoms with van der Waals surface area (Å²) >= 11 is 0. The number of anilines is 1. The van der Waals surface area contributed by atoms with Gasteiger partial charge in [-0.1, -0.05) is 25.4 Å². The minimum absolute atomic E-state index is 0.0730. The van der Waals surface area contributed by atoms with Crippen molar-refractivity contribution in [3.05, 3.63) is 11.8 Å². The number of nitrogens with one attached hydrogen (secondary N) is 1. The highest BCUT2D eigenvalue weighted by Gasteiger charge is 2.26. The van der Waals surface area contributed by atoms with E-state index in [-0.39, 0.29) is 25.0 Å². The maximum atomic E-state index is 12.0. The third kappa shape index (κ3) is 3.80. The van der Waals surface area contributed by atoms with Gasteiger partial charge in [0.25, 0.3) is 0 Å². The summed E-state index contributed by atoms with van der Waals surface area (Å²) in [6.07, 6.45) is 3.41. The summed E-state index contributed by atoms with van der Waals surface area (Å²) < 4.78 is 5.09. The Morgan fingerprint density at radius 1 is 1.60 bits per heavy atom. The Labute approximate surface area is 119 Å². The van der Waals surface area contributed by atoms with Gasteiger partial charge in [0.1, 0.15) is 0 Å². The molecule has 6 nitrogen and oxygen atoms in total. The van der Waals surface area contributed by atoms with Crippen LogP contribution < -0.4 is 5.32 Å². The molecule has 1 aromatic heterocycles. The lowest BCUT2D eigenvalue weighted by atomic mass is 9.91. The molecule has 6 heteroatoms. The van der Waals surface area contributed by atoms with Crippen molar-refractivity contribution in [1.82, 2.24) is 10.1 Å². The summed E-state index contributed by atoms with van der Waals surface area (Å²) in [5, 5.41) is 15.7. The van der Waals surface area contributed by atoms with E-state index in [1.165, 1.54) is 6.42 Å². The monoisotopic (exact) mass is 281 g/mol. The SMILES string of the molecule is CC(C)c1cc(NC(=O)CN(CCO)C2CCC2)on1. The van der Waals surface area contributed by atoms with Crippen LogP contribution in [0.4, 0.5) is 5.88 Å². The van der Waals surface area contributed by atoms with Crippen molar-refractivity contribution in [3.8, 4) is 0 Å². The molecule has 1 aromatic rings. The van der Waals surface area contributed by atoms with Gasteiger partial charge in [-0.05, 0) is 18.8 Å². The molecule has 112 valence electrons. The summed E-state index contributed by atoms with van der Waals surface area (Å²) in [6, 6.07) is 2.18. The summed E-state index contributed by atoms with van der Waals surface area (Å²) in [6.45, 7) is 4.92. The molecule has 0 aromatic carbocycles. The van der Waals surface area contributed by atoms with Gasteiger partial charge in [-0.15, -0.1) is 0 Å². The molecule has 1 aliphatic carbocycles. The first-order valence-electron chi connectivity index (χ1n) is 7.21. The molecule has 2 N–H and O–H groups in total. The smallest absolute Gasteiger partial charge is 0.240 e. The molecule has 1 amide bonds. The van der Waals surface area contributed by atoms with Gasteiger partial charge in [0.15, 0.2) is 0 Å². The van der Waals surface area contributed by atoms with E-state index in [0.717, 1.165) is 18.5 Å². The maximum Gasteiger partial charge on any atom is 0.240 e. The number of carbonyl (C=O) groups excluding carboxylic acids is 1. The summed E-state index contributed by atoms with van der Waals surface area (Å²) in [5.41, 5.74) is 0.825. The molecule has 2 rings (SSSR count). The average Bonchev–Trinajstić information content (AvgIpc) is 2.75. The molecule has 0 bridgehead atoms. The van der Waals surface area contributed by atoms with Crippen LogP contribution in [0.5, 0.6) is 0 Å². The molecule has 20 heavy (non-hydrogen) atoms. The van der Waals surface area contributed by atoms with E-state index in [0.29, 0.717) is 18.5 Å². The van der Waals surface area contributed by atoms with Crippen LogP contribution in [0.25, 0.3) is 0 Å². The highest BCUT2D eigenvalue weighted by molar-refractivity contribution is 5.91. The Morgan fingerprint density at radius 3 is 2.85 bits per heavy atom. The Balaban J connectivity index is 1.86. The van der Waals surface area contributed by atoms with Crippen molar-refractivity contribution in [2.24, 2.45) is 0 Å². The molecule has 0 atom stereocenters. The number of hydrogen-bond acceptors (Lipinski definition) is 5. The number of nitrogens with zero attached hydrogens (tertiary/aromatic N) is 2. The van der Waals surface area contributed by atoms with Gasteiger partial charge in [0.2, 0.25) is 11.8 Å². The van der Waals surface area contributed by atoms with Crippen LogP contribution in [0, 0.1) is 0 Å². The van der Waals surface area contributed by atoms with Gasteiger partial charge in [0, 0.05) is 18.7 Å². The molecule has 1 saturated carbocycles. The van der Waals surface area contributed by atoms with Gasteiger partial charge in [0.05, 0.1) is 18.8 Å². The van der Waals surface area contributed by atoms with E-state index in [1.807, 2.05) is 18.7 Å². The summed E-state index contributed by atoms with van der Waals surface area (Å²) in [5.74, 6) is 0.526. The molecule has 0 aliphatic heterocycles. The van der Waals surface area contributed by atoms with E-state index in [1.54, 1.807) is 6.07 Å². The fourth-order valence-corrected chi connectivity index (χ4v) is 2.25. The number of aromatic nitrogens is 1. The minimum atomic E-state index is -0.128. The Kier molecular flexibility index (Phi) is 5.14. The Morgan fingerprint density at radius 2 is 2.35 bits per heavy atom. The molecule has 0 unspecified atom stereocenters. The number of hydrogen-bond donors (Lipinski definition) is 2. The van der Waals surface area contributed by atoms with Crippen LogP contribution in [0.2, 0.25) is 0 Å². The molecular weight excluding hydrogens is 258 g/mol. The van der Waals surface area contributed by atoms with E-state index < -0.39 is 0 Å². The van der Waals surface area contributed by atoms with E-state index in [2.05, 4.69) is 10.5 Å². The molecule has 1 fully saturated rings. The molecule has 1 heterocycles. The van der Waals surface area contributed by atoms with Crippen LogP contribution in [0.3, 0.4) is 0 Å². The highest BCUT2D eigenvalue weighted by atomic mass is 16.5. The standard InChI is InChI=1S/C14H23N3O3/c1-10(2)12-8-14(20-16-12)15-13(19)9-17(6-7-18)11-4-3-5-11/h8,10-11,18H,3-7,9H2,1-2H3,(H,15,19). The van der Waals surface area contributed by atoms with Crippen LogP contribution in [0.15, 0.2) is 10.6 Å². The summed E-state index contributed by atoms with van der Waals surface area (Å²) in [4.78, 5) is 14.0. The molecular formula is C14H23N3O3. The first-order valence-corrected chi connectivity index (χ1v) is 7.21. The number of rotatable bonds is 7. The van der Waals surface area contributed by atoms with E-state index >= 15 is 0 Å². The van der Waals surface area contributed by atoms with Gasteiger partial charge >= 0.3 is 0 Å². The average molecular weight is 281 g/mol. The lowest BCUT2D eigenvalue weighted by Gasteiger charge is -2.36. The van der Waals surface area contributed by atoms with Crippen molar-refractivity contribution < 1.29 is 14.4 Å². The fraction of sp³-hybridized carbons (Fsp3) is 0.714. The van der Waals surface area contributed by atoms with Crippen LogP contribution in [0.1, 0.15) is 44.7 Å². The Bertz CT molecular complexity index is 441. The largest absolute Gasteiger partial charge is 0.395 e. The van der Waals surface area contributed by atoms with Crippen LogP contribution in [-0.2, 0) is 4.79 Å². The lowest BCUT2D eigenvalue weighted by Crippen LogP contribution is -2.45. The first-order chi connectivity index (χ1) is 9.60. The normalized spacial score (nSPS) is 15.7. The fourth-order valence-electron chi connectivity index (χ4n) is 2.25. The zero-order valence-corrected chi connectivity index (χ0v) is 12.1. The number of aliphatic hydroxyl groups is 1. The van der Waals surface area contributed by atoms with E-state index in [9.17, 15) is 4.79 Å². The van der Waals surface area contributed by atoms with Crippen LogP contribution in [-0.4, -0.2) is 46.8 Å².